The second-order valence-electron chi connectivity index (χ2n) is 5.84. The molecule has 5 heteroatoms. The van der Waals surface area contributed by atoms with Crippen LogP contribution >= 0.6 is 0 Å². The lowest BCUT2D eigenvalue weighted by atomic mass is 9.86. The van der Waals surface area contributed by atoms with Gasteiger partial charge >= 0.3 is 5.69 Å². The van der Waals surface area contributed by atoms with E-state index in [0.717, 1.165) is 18.8 Å². The van der Waals surface area contributed by atoms with Crippen molar-refractivity contribution in [2.45, 2.75) is 45.2 Å². The van der Waals surface area contributed by atoms with E-state index in [1.54, 1.807) is 12.1 Å². The molecule has 20 heavy (non-hydrogen) atoms. The Hall–Kier alpha value is -1.49. The highest BCUT2D eigenvalue weighted by atomic mass is 19.1. The van der Waals surface area contributed by atoms with E-state index in [9.17, 15) is 14.5 Å². The molecule has 4 nitrogen and oxygen atoms in total. The van der Waals surface area contributed by atoms with Gasteiger partial charge in [-0.15, -0.1) is 0 Å². The second kappa shape index (κ2) is 6.31. The third-order valence-corrected chi connectivity index (χ3v) is 4.28. The minimum Gasteiger partial charge on any atom is -0.299 e. The quantitative estimate of drug-likeness (QED) is 0.623. The fraction of sp³-hybridized carbons (Fsp3) is 0.600. The van der Waals surface area contributed by atoms with Crippen LogP contribution < -0.4 is 0 Å². The number of benzene rings is 1. The van der Waals surface area contributed by atoms with E-state index < -0.39 is 16.4 Å². The monoisotopic (exact) mass is 280 g/mol. The van der Waals surface area contributed by atoms with Crippen molar-refractivity contribution in [1.29, 1.82) is 0 Å². The van der Waals surface area contributed by atoms with Crippen LogP contribution in [0.2, 0.25) is 0 Å². The van der Waals surface area contributed by atoms with Crippen molar-refractivity contribution >= 4 is 5.69 Å². The maximum atomic E-state index is 14.0. The number of nitrogens with zero attached hydrogens (tertiary/aromatic N) is 2. The predicted molar refractivity (Wildman–Crippen MR) is 75.9 cm³/mol. The molecule has 0 radical (unpaired) electrons. The molecule has 1 aromatic rings. The molecule has 1 saturated carbocycles. The summed E-state index contributed by atoms with van der Waals surface area (Å²) in [5.74, 6) is 0.0720. The smallest absolute Gasteiger partial charge is 0.299 e. The van der Waals surface area contributed by atoms with E-state index in [0.29, 0.717) is 18.2 Å². The van der Waals surface area contributed by atoms with Gasteiger partial charge in [0.1, 0.15) is 0 Å². The number of nitro groups is 1. The highest BCUT2D eigenvalue weighted by Crippen LogP contribution is 2.28. The number of rotatable bonds is 4. The maximum absolute atomic E-state index is 14.0. The summed E-state index contributed by atoms with van der Waals surface area (Å²) in [6, 6.07) is 4.84. The summed E-state index contributed by atoms with van der Waals surface area (Å²) in [5.41, 5.74) is -0.0338. The van der Waals surface area contributed by atoms with Gasteiger partial charge in [0.05, 0.1) is 4.92 Å². The minimum atomic E-state index is -0.700. The Morgan fingerprint density at radius 3 is 2.60 bits per heavy atom. The topological polar surface area (TPSA) is 46.4 Å². The number of halogens is 1. The molecule has 1 aromatic carbocycles. The summed E-state index contributed by atoms with van der Waals surface area (Å²) >= 11 is 0. The third kappa shape index (κ3) is 3.33. The van der Waals surface area contributed by atoms with Crippen LogP contribution in [-0.2, 0) is 6.54 Å². The number of hydrogen-bond acceptors (Lipinski definition) is 3. The molecule has 1 aliphatic rings. The summed E-state index contributed by atoms with van der Waals surface area (Å²) in [6.07, 6.45) is 4.64. The van der Waals surface area contributed by atoms with Crippen molar-refractivity contribution in [1.82, 2.24) is 4.90 Å². The van der Waals surface area contributed by atoms with Gasteiger partial charge in [-0.25, -0.2) is 0 Å². The van der Waals surface area contributed by atoms with Gasteiger partial charge in [-0.2, -0.15) is 4.39 Å². The normalized spacial score (nSPS) is 23.0. The molecule has 0 saturated heterocycles. The van der Waals surface area contributed by atoms with Crippen LogP contribution in [0, 0.1) is 21.8 Å². The third-order valence-electron chi connectivity index (χ3n) is 4.28. The lowest BCUT2D eigenvalue weighted by molar-refractivity contribution is -0.387. The first kappa shape index (κ1) is 14.9. The molecular weight excluding hydrogens is 259 g/mol. The van der Waals surface area contributed by atoms with Gasteiger partial charge in [0.15, 0.2) is 0 Å². The summed E-state index contributed by atoms with van der Waals surface area (Å²) < 4.78 is 14.0. The Balaban J connectivity index is 2.06. The van der Waals surface area contributed by atoms with Gasteiger partial charge in [-0.3, -0.25) is 15.0 Å². The average molecular weight is 280 g/mol. The van der Waals surface area contributed by atoms with Crippen LogP contribution in [0.25, 0.3) is 0 Å². The van der Waals surface area contributed by atoms with Crippen LogP contribution in [0.4, 0.5) is 10.1 Å². The SMILES string of the molecule is CC1CCC(N(C)Cc2cccc([N+](=O)[O-])c2F)CC1. The van der Waals surface area contributed by atoms with Crippen LogP contribution in [0.1, 0.15) is 38.2 Å². The Bertz CT molecular complexity index is 485. The first-order valence-corrected chi connectivity index (χ1v) is 7.11. The minimum absolute atomic E-state index is 0.403. The molecule has 0 heterocycles. The molecular formula is C15H21FN2O2. The zero-order chi connectivity index (χ0) is 14.7. The van der Waals surface area contributed by atoms with Gasteiger partial charge < -0.3 is 0 Å². The largest absolute Gasteiger partial charge is 0.305 e. The second-order valence-corrected chi connectivity index (χ2v) is 5.84. The molecule has 110 valence electrons. The van der Waals surface area contributed by atoms with Gasteiger partial charge in [0.25, 0.3) is 0 Å². The molecule has 0 amide bonds. The Morgan fingerprint density at radius 1 is 1.35 bits per heavy atom. The molecule has 0 unspecified atom stereocenters. The molecule has 0 aromatic heterocycles. The molecule has 0 aliphatic heterocycles. The highest BCUT2D eigenvalue weighted by Gasteiger charge is 2.24. The Labute approximate surface area is 118 Å². The first-order chi connectivity index (χ1) is 9.49. The summed E-state index contributed by atoms with van der Waals surface area (Å²) in [6.45, 7) is 2.68. The van der Waals surface area contributed by atoms with Crippen LogP contribution in [0.15, 0.2) is 18.2 Å². The van der Waals surface area contributed by atoms with Crippen molar-refractivity contribution < 1.29 is 9.31 Å². The van der Waals surface area contributed by atoms with Gasteiger partial charge in [0, 0.05) is 24.2 Å². The number of nitro benzene ring substituents is 1. The van der Waals surface area contributed by atoms with Crippen molar-refractivity contribution in [2.24, 2.45) is 5.92 Å². The summed E-state index contributed by atoms with van der Waals surface area (Å²) in [4.78, 5) is 12.2. The van der Waals surface area contributed by atoms with E-state index in [1.165, 1.54) is 18.9 Å². The van der Waals surface area contributed by atoms with Crippen LogP contribution in [0.3, 0.4) is 0 Å². The van der Waals surface area contributed by atoms with E-state index in [2.05, 4.69) is 11.8 Å². The van der Waals surface area contributed by atoms with E-state index >= 15 is 0 Å². The first-order valence-electron chi connectivity index (χ1n) is 7.11. The number of hydrogen-bond donors (Lipinski definition) is 0. The fourth-order valence-corrected chi connectivity index (χ4v) is 2.91. The Kier molecular flexibility index (Phi) is 4.70. The average Bonchev–Trinajstić information content (AvgIpc) is 2.41. The van der Waals surface area contributed by atoms with Crippen LogP contribution in [-0.4, -0.2) is 22.9 Å². The van der Waals surface area contributed by atoms with Crippen LogP contribution in [0.5, 0.6) is 0 Å². The maximum Gasteiger partial charge on any atom is 0.305 e. The molecule has 1 fully saturated rings. The molecule has 0 atom stereocenters. The van der Waals surface area contributed by atoms with E-state index in [-0.39, 0.29) is 0 Å². The van der Waals surface area contributed by atoms with E-state index in [1.807, 2.05) is 7.05 Å². The highest BCUT2D eigenvalue weighted by molar-refractivity contribution is 5.36. The molecule has 0 bridgehead atoms. The standard InChI is InChI=1S/C15H21FN2O2/c1-11-6-8-13(9-7-11)17(2)10-12-4-3-5-14(15(12)16)18(19)20/h3-5,11,13H,6-10H2,1-2H3. The van der Waals surface area contributed by atoms with Crippen molar-refractivity contribution in [3.05, 3.63) is 39.7 Å². The fourth-order valence-electron chi connectivity index (χ4n) is 2.91. The van der Waals surface area contributed by atoms with Crippen molar-refractivity contribution in [2.75, 3.05) is 7.05 Å². The summed E-state index contributed by atoms with van der Waals surface area (Å²) in [5, 5.41) is 10.7. The zero-order valence-electron chi connectivity index (χ0n) is 12.0. The molecule has 2 rings (SSSR count). The van der Waals surface area contributed by atoms with Gasteiger partial charge in [0.2, 0.25) is 5.82 Å². The molecule has 1 aliphatic carbocycles. The van der Waals surface area contributed by atoms with E-state index in [4.69, 9.17) is 0 Å². The Morgan fingerprint density at radius 2 is 2.00 bits per heavy atom. The van der Waals surface area contributed by atoms with Crippen molar-refractivity contribution in [3.63, 3.8) is 0 Å². The van der Waals surface area contributed by atoms with Crippen molar-refractivity contribution in [3.8, 4) is 0 Å². The van der Waals surface area contributed by atoms with Gasteiger partial charge in [-0.05, 0) is 38.6 Å². The summed E-state index contributed by atoms with van der Waals surface area (Å²) in [7, 11) is 1.97. The predicted octanol–water partition coefficient (Wildman–Crippen LogP) is 3.74. The lowest BCUT2D eigenvalue weighted by Crippen LogP contribution is -2.34. The molecule has 0 N–H and O–H groups in total. The lowest BCUT2D eigenvalue weighted by Gasteiger charge is -2.33. The van der Waals surface area contributed by atoms with Gasteiger partial charge in [-0.1, -0.05) is 19.1 Å². The zero-order valence-corrected chi connectivity index (χ0v) is 12.0. The molecule has 0 spiro atoms.